The molecule has 3 heteroatoms. The standard InChI is InChI=1S/C17H20BrNO/c1-4-12(2)15-7-5-6-8-16(15)20-17-13(3)9-14(10-18)11-19-17/h5-9,11-12H,4,10H2,1-3H3. The summed E-state index contributed by atoms with van der Waals surface area (Å²) in [6, 6.07) is 10.3. The van der Waals surface area contributed by atoms with Gasteiger partial charge in [-0.2, -0.15) is 0 Å². The molecule has 0 amide bonds. The highest BCUT2D eigenvalue weighted by atomic mass is 79.9. The zero-order valence-corrected chi connectivity index (χ0v) is 13.8. The number of nitrogens with zero attached hydrogens (tertiary/aromatic N) is 1. The van der Waals surface area contributed by atoms with E-state index in [1.54, 1.807) is 0 Å². The van der Waals surface area contributed by atoms with Crippen LogP contribution in [-0.4, -0.2) is 4.98 Å². The number of halogens is 1. The second-order valence-electron chi connectivity index (χ2n) is 5.05. The molecular formula is C17H20BrNO. The molecule has 0 saturated carbocycles. The third-order valence-corrected chi connectivity index (χ3v) is 4.16. The minimum absolute atomic E-state index is 0.480. The highest BCUT2D eigenvalue weighted by Crippen LogP contribution is 2.32. The summed E-state index contributed by atoms with van der Waals surface area (Å²) >= 11 is 3.44. The van der Waals surface area contributed by atoms with Crippen LogP contribution in [0.4, 0.5) is 0 Å². The molecule has 1 aromatic carbocycles. The first-order valence-corrected chi connectivity index (χ1v) is 8.06. The molecule has 0 bridgehead atoms. The van der Waals surface area contributed by atoms with Gasteiger partial charge < -0.3 is 4.74 Å². The largest absolute Gasteiger partial charge is 0.438 e. The number of hydrogen-bond acceptors (Lipinski definition) is 2. The maximum atomic E-state index is 6.04. The number of aromatic nitrogens is 1. The van der Waals surface area contributed by atoms with E-state index in [9.17, 15) is 0 Å². The first-order valence-electron chi connectivity index (χ1n) is 6.94. The van der Waals surface area contributed by atoms with Gasteiger partial charge in [0.15, 0.2) is 0 Å². The summed E-state index contributed by atoms with van der Waals surface area (Å²) in [4.78, 5) is 4.42. The Bertz CT molecular complexity index is 583. The van der Waals surface area contributed by atoms with Crippen molar-refractivity contribution in [3.63, 3.8) is 0 Å². The topological polar surface area (TPSA) is 22.1 Å². The molecule has 1 atom stereocenters. The van der Waals surface area contributed by atoms with Gasteiger partial charge in [0.1, 0.15) is 5.75 Å². The summed E-state index contributed by atoms with van der Waals surface area (Å²) in [6.45, 7) is 6.44. The predicted octanol–water partition coefficient (Wildman–Crippen LogP) is 5.59. The summed E-state index contributed by atoms with van der Waals surface area (Å²) in [5.74, 6) is 2.07. The van der Waals surface area contributed by atoms with Gasteiger partial charge in [-0.05, 0) is 42.5 Å². The number of ether oxygens (including phenoxy) is 1. The molecule has 0 fully saturated rings. The molecule has 0 aliphatic rings. The third kappa shape index (κ3) is 3.40. The van der Waals surface area contributed by atoms with Crippen LogP contribution in [0.1, 0.15) is 42.9 Å². The second-order valence-corrected chi connectivity index (χ2v) is 5.61. The van der Waals surface area contributed by atoms with Gasteiger partial charge in [0, 0.05) is 17.1 Å². The number of para-hydroxylation sites is 1. The normalized spacial score (nSPS) is 12.2. The SMILES string of the molecule is CCC(C)c1ccccc1Oc1ncc(CBr)cc1C. The molecule has 20 heavy (non-hydrogen) atoms. The fraction of sp³-hybridized carbons (Fsp3) is 0.353. The summed E-state index contributed by atoms with van der Waals surface area (Å²) in [7, 11) is 0. The lowest BCUT2D eigenvalue weighted by atomic mass is 9.98. The average molecular weight is 334 g/mol. The van der Waals surface area contributed by atoms with Crippen molar-refractivity contribution in [1.82, 2.24) is 4.98 Å². The van der Waals surface area contributed by atoms with E-state index in [0.717, 1.165) is 28.6 Å². The quantitative estimate of drug-likeness (QED) is 0.665. The second kappa shape index (κ2) is 6.89. The Morgan fingerprint density at radius 2 is 2.05 bits per heavy atom. The molecule has 2 rings (SSSR count). The zero-order valence-electron chi connectivity index (χ0n) is 12.2. The Morgan fingerprint density at radius 1 is 1.30 bits per heavy atom. The van der Waals surface area contributed by atoms with Crippen molar-refractivity contribution < 1.29 is 4.74 Å². The fourth-order valence-corrected chi connectivity index (χ4v) is 2.41. The number of rotatable bonds is 5. The molecule has 0 radical (unpaired) electrons. The minimum Gasteiger partial charge on any atom is -0.438 e. The number of alkyl halides is 1. The van der Waals surface area contributed by atoms with Crippen LogP contribution in [-0.2, 0) is 5.33 Å². The van der Waals surface area contributed by atoms with Gasteiger partial charge in [-0.1, -0.05) is 48.0 Å². The smallest absolute Gasteiger partial charge is 0.222 e. The summed E-state index contributed by atoms with van der Waals surface area (Å²) < 4.78 is 6.04. The molecule has 0 saturated heterocycles. The van der Waals surface area contributed by atoms with E-state index in [1.165, 1.54) is 5.56 Å². The van der Waals surface area contributed by atoms with Crippen LogP contribution in [0, 0.1) is 6.92 Å². The zero-order chi connectivity index (χ0) is 14.5. The number of aryl methyl sites for hydroxylation is 1. The maximum absolute atomic E-state index is 6.04. The van der Waals surface area contributed by atoms with Gasteiger partial charge >= 0.3 is 0 Å². The van der Waals surface area contributed by atoms with E-state index >= 15 is 0 Å². The predicted molar refractivity (Wildman–Crippen MR) is 86.8 cm³/mol. The fourth-order valence-electron chi connectivity index (χ4n) is 2.11. The first kappa shape index (κ1) is 15.0. The van der Waals surface area contributed by atoms with Gasteiger partial charge in [0.25, 0.3) is 0 Å². The van der Waals surface area contributed by atoms with E-state index < -0.39 is 0 Å². The van der Waals surface area contributed by atoms with Gasteiger partial charge in [-0.3, -0.25) is 0 Å². The molecule has 1 heterocycles. The Morgan fingerprint density at radius 3 is 2.70 bits per heavy atom. The Hall–Kier alpha value is -1.35. The molecule has 1 aromatic heterocycles. The average Bonchev–Trinajstić information content (AvgIpc) is 2.49. The van der Waals surface area contributed by atoms with Crippen LogP contribution < -0.4 is 4.74 Å². The van der Waals surface area contributed by atoms with E-state index in [1.807, 2.05) is 25.3 Å². The molecular weight excluding hydrogens is 314 g/mol. The van der Waals surface area contributed by atoms with Crippen molar-refractivity contribution in [2.24, 2.45) is 0 Å². The molecule has 1 unspecified atom stereocenters. The molecule has 2 nitrogen and oxygen atoms in total. The van der Waals surface area contributed by atoms with Crippen LogP contribution >= 0.6 is 15.9 Å². The molecule has 2 aromatic rings. The van der Waals surface area contributed by atoms with Gasteiger partial charge in [-0.15, -0.1) is 0 Å². The van der Waals surface area contributed by atoms with Crippen LogP contribution in [0.3, 0.4) is 0 Å². The molecule has 0 spiro atoms. The third-order valence-electron chi connectivity index (χ3n) is 3.51. The minimum atomic E-state index is 0.480. The van der Waals surface area contributed by atoms with E-state index in [0.29, 0.717) is 11.8 Å². The van der Waals surface area contributed by atoms with Crippen molar-refractivity contribution in [1.29, 1.82) is 0 Å². The van der Waals surface area contributed by atoms with Crippen molar-refractivity contribution in [3.8, 4) is 11.6 Å². The van der Waals surface area contributed by atoms with Crippen molar-refractivity contribution in [2.45, 2.75) is 38.4 Å². The Balaban J connectivity index is 2.30. The van der Waals surface area contributed by atoms with Crippen LogP contribution in [0.25, 0.3) is 0 Å². The van der Waals surface area contributed by atoms with Crippen LogP contribution in [0.2, 0.25) is 0 Å². The van der Waals surface area contributed by atoms with Gasteiger partial charge in [-0.25, -0.2) is 4.98 Å². The van der Waals surface area contributed by atoms with E-state index in [4.69, 9.17) is 4.74 Å². The number of benzene rings is 1. The van der Waals surface area contributed by atoms with Crippen molar-refractivity contribution in [2.75, 3.05) is 0 Å². The monoisotopic (exact) mass is 333 g/mol. The summed E-state index contributed by atoms with van der Waals surface area (Å²) in [5.41, 5.74) is 3.45. The van der Waals surface area contributed by atoms with E-state index in [2.05, 4.69) is 53.0 Å². The number of pyridine rings is 1. The highest BCUT2D eigenvalue weighted by molar-refractivity contribution is 9.08. The highest BCUT2D eigenvalue weighted by Gasteiger charge is 2.12. The summed E-state index contributed by atoms with van der Waals surface area (Å²) in [5, 5.41) is 0.810. The van der Waals surface area contributed by atoms with E-state index in [-0.39, 0.29) is 0 Å². The van der Waals surface area contributed by atoms with Gasteiger partial charge in [0.2, 0.25) is 5.88 Å². The molecule has 106 valence electrons. The number of hydrogen-bond donors (Lipinski definition) is 0. The van der Waals surface area contributed by atoms with Crippen LogP contribution in [0.15, 0.2) is 36.5 Å². The lowest BCUT2D eigenvalue weighted by Gasteiger charge is -2.16. The Kier molecular flexibility index (Phi) is 5.18. The van der Waals surface area contributed by atoms with Crippen molar-refractivity contribution >= 4 is 15.9 Å². The molecule has 0 aliphatic carbocycles. The summed E-state index contributed by atoms with van der Waals surface area (Å²) in [6.07, 6.45) is 2.94. The lowest BCUT2D eigenvalue weighted by molar-refractivity contribution is 0.448. The van der Waals surface area contributed by atoms with Gasteiger partial charge in [0.05, 0.1) is 0 Å². The maximum Gasteiger partial charge on any atom is 0.222 e. The lowest BCUT2D eigenvalue weighted by Crippen LogP contribution is -1.98. The molecule has 0 N–H and O–H groups in total. The molecule has 0 aliphatic heterocycles. The van der Waals surface area contributed by atoms with Crippen LogP contribution in [0.5, 0.6) is 11.6 Å². The first-order chi connectivity index (χ1) is 9.65. The van der Waals surface area contributed by atoms with Crippen molar-refractivity contribution in [3.05, 3.63) is 53.2 Å². The Labute approximate surface area is 129 Å².